The van der Waals surface area contributed by atoms with Gasteiger partial charge in [0, 0.05) is 22.2 Å². The van der Waals surface area contributed by atoms with Gasteiger partial charge in [-0.25, -0.2) is 4.98 Å². The Balaban J connectivity index is 1.96. The van der Waals surface area contributed by atoms with Crippen molar-refractivity contribution in [3.05, 3.63) is 58.6 Å². The third-order valence-electron chi connectivity index (χ3n) is 3.87. The van der Waals surface area contributed by atoms with E-state index < -0.39 is 0 Å². The Bertz CT molecular complexity index is 852. The molecule has 0 aliphatic heterocycles. The Hall–Kier alpha value is -2.17. The van der Waals surface area contributed by atoms with Crippen molar-refractivity contribution in [3.63, 3.8) is 0 Å². The highest BCUT2D eigenvalue weighted by atomic mass is 32.1. The number of ether oxygens (including phenoxy) is 1. The molecular formula is C20H22N2OS. The third-order valence-corrected chi connectivity index (χ3v) is 5.12. The highest BCUT2D eigenvalue weighted by Gasteiger charge is 2.10. The smallest absolute Gasteiger partial charge is 0.213 e. The van der Waals surface area contributed by atoms with Crippen molar-refractivity contribution in [2.75, 3.05) is 27.7 Å². The van der Waals surface area contributed by atoms with Crippen LogP contribution in [-0.4, -0.2) is 37.6 Å². The standard InChI is InChI=1S/C20H22N2OS/c1-22(2)14-13-19-17(16-8-4-5-9-18(16)24-19)12-11-15-7-6-10-20(21-15)23-3/h4-12H,13-14H2,1-3H3. The molecule has 0 fully saturated rings. The Morgan fingerprint density at radius 1 is 1.08 bits per heavy atom. The first-order chi connectivity index (χ1) is 11.7. The van der Waals surface area contributed by atoms with E-state index in [1.807, 2.05) is 29.5 Å². The second-order valence-electron chi connectivity index (χ2n) is 5.93. The topological polar surface area (TPSA) is 25.4 Å². The van der Waals surface area contributed by atoms with Gasteiger partial charge in [0.25, 0.3) is 0 Å². The van der Waals surface area contributed by atoms with Gasteiger partial charge in [-0.3, -0.25) is 0 Å². The van der Waals surface area contributed by atoms with Crippen molar-refractivity contribution in [1.82, 2.24) is 9.88 Å². The molecule has 124 valence electrons. The number of aromatic nitrogens is 1. The molecule has 1 aromatic carbocycles. The van der Waals surface area contributed by atoms with Crippen LogP contribution in [-0.2, 0) is 6.42 Å². The summed E-state index contributed by atoms with van der Waals surface area (Å²) in [5, 5.41) is 1.32. The molecule has 0 saturated heterocycles. The average molecular weight is 338 g/mol. The summed E-state index contributed by atoms with van der Waals surface area (Å²) in [6, 6.07) is 14.4. The van der Waals surface area contributed by atoms with Gasteiger partial charge in [-0.05, 0) is 49.7 Å². The fourth-order valence-electron chi connectivity index (χ4n) is 2.62. The van der Waals surface area contributed by atoms with Crippen molar-refractivity contribution in [3.8, 4) is 5.88 Å². The molecule has 2 heterocycles. The summed E-state index contributed by atoms with van der Waals surface area (Å²) in [7, 11) is 5.87. The van der Waals surface area contributed by atoms with E-state index in [2.05, 4.69) is 60.4 Å². The van der Waals surface area contributed by atoms with Crippen molar-refractivity contribution >= 4 is 33.6 Å². The van der Waals surface area contributed by atoms with Gasteiger partial charge in [0.15, 0.2) is 0 Å². The zero-order valence-electron chi connectivity index (χ0n) is 14.3. The highest BCUT2D eigenvalue weighted by molar-refractivity contribution is 7.19. The molecule has 0 radical (unpaired) electrons. The maximum Gasteiger partial charge on any atom is 0.213 e. The summed E-state index contributed by atoms with van der Waals surface area (Å²) in [5.41, 5.74) is 2.21. The average Bonchev–Trinajstić information content (AvgIpc) is 2.96. The van der Waals surface area contributed by atoms with Crippen LogP contribution in [0.3, 0.4) is 0 Å². The van der Waals surface area contributed by atoms with Crippen molar-refractivity contribution < 1.29 is 4.74 Å². The molecule has 0 aliphatic carbocycles. The van der Waals surface area contributed by atoms with Gasteiger partial charge in [0.05, 0.1) is 12.8 Å². The summed E-state index contributed by atoms with van der Waals surface area (Å²) in [5.74, 6) is 0.639. The Morgan fingerprint density at radius 2 is 1.92 bits per heavy atom. The molecule has 0 unspecified atom stereocenters. The van der Waals surface area contributed by atoms with Gasteiger partial charge in [0.2, 0.25) is 5.88 Å². The number of fused-ring (bicyclic) bond motifs is 1. The number of hydrogen-bond donors (Lipinski definition) is 0. The Labute approximate surface area is 147 Å². The normalized spacial score (nSPS) is 11.7. The first-order valence-corrected chi connectivity index (χ1v) is 8.83. The fourth-order valence-corrected chi connectivity index (χ4v) is 3.80. The monoisotopic (exact) mass is 338 g/mol. The lowest BCUT2D eigenvalue weighted by Gasteiger charge is -2.08. The molecule has 24 heavy (non-hydrogen) atoms. The zero-order chi connectivity index (χ0) is 16.9. The molecule has 0 atom stereocenters. The van der Waals surface area contributed by atoms with Crippen LogP contribution in [0.15, 0.2) is 42.5 Å². The van der Waals surface area contributed by atoms with Crippen molar-refractivity contribution in [2.24, 2.45) is 0 Å². The van der Waals surface area contributed by atoms with Gasteiger partial charge in [-0.2, -0.15) is 0 Å². The number of thiophene rings is 1. The van der Waals surface area contributed by atoms with Crippen molar-refractivity contribution in [2.45, 2.75) is 6.42 Å². The molecule has 3 aromatic rings. The maximum absolute atomic E-state index is 5.20. The molecular weight excluding hydrogens is 316 g/mol. The van der Waals surface area contributed by atoms with Gasteiger partial charge >= 0.3 is 0 Å². The maximum atomic E-state index is 5.20. The third kappa shape index (κ3) is 3.83. The SMILES string of the molecule is COc1cccc(C=Cc2c(CCN(C)C)sc3ccccc23)n1. The van der Waals surface area contributed by atoms with Crippen LogP contribution in [0, 0.1) is 0 Å². The molecule has 2 aromatic heterocycles. The van der Waals surface area contributed by atoms with E-state index in [-0.39, 0.29) is 0 Å². The van der Waals surface area contributed by atoms with Crippen molar-refractivity contribution in [1.29, 1.82) is 0 Å². The quantitative estimate of drug-likeness (QED) is 0.658. The minimum atomic E-state index is 0.639. The first-order valence-electron chi connectivity index (χ1n) is 8.01. The number of methoxy groups -OCH3 is 1. The molecule has 3 nitrogen and oxygen atoms in total. The summed E-state index contributed by atoms with van der Waals surface area (Å²) in [4.78, 5) is 8.10. The van der Waals surface area contributed by atoms with Gasteiger partial charge in [0.1, 0.15) is 0 Å². The fraction of sp³-hybridized carbons (Fsp3) is 0.250. The molecule has 0 spiro atoms. The van der Waals surface area contributed by atoms with Gasteiger partial charge in [-0.1, -0.05) is 30.3 Å². The molecule has 3 rings (SSSR count). The minimum absolute atomic E-state index is 0.639. The number of likely N-dealkylation sites (N-methyl/N-ethyl adjacent to an activating group) is 1. The van der Waals surface area contributed by atoms with E-state index in [4.69, 9.17) is 4.74 Å². The second-order valence-corrected chi connectivity index (χ2v) is 7.06. The molecule has 0 aliphatic rings. The highest BCUT2D eigenvalue weighted by Crippen LogP contribution is 2.33. The predicted octanol–water partition coefficient (Wildman–Crippen LogP) is 4.58. The molecule has 0 bridgehead atoms. The van der Waals surface area contributed by atoms with Gasteiger partial charge < -0.3 is 9.64 Å². The van der Waals surface area contributed by atoms with Crippen LogP contribution in [0.4, 0.5) is 0 Å². The van der Waals surface area contributed by atoms with Crippen LogP contribution in [0.25, 0.3) is 22.2 Å². The van der Waals surface area contributed by atoms with Crippen LogP contribution in [0.1, 0.15) is 16.1 Å². The lowest BCUT2D eigenvalue weighted by molar-refractivity contribution is 0.397. The number of hydrogen-bond acceptors (Lipinski definition) is 4. The predicted molar refractivity (Wildman–Crippen MR) is 104 cm³/mol. The lowest BCUT2D eigenvalue weighted by atomic mass is 10.1. The first kappa shape index (κ1) is 16.7. The number of rotatable bonds is 6. The number of pyridine rings is 1. The van der Waals surface area contributed by atoms with E-state index in [1.54, 1.807) is 7.11 Å². The molecule has 4 heteroatoms. The van der Waals surface area contributed by atoms with E-state index in [0.29, 0.717) is 5.88 Å². The van der Waals surface area contributed by atoms with E-state index in [9.17, 15) is 0 Å². The lowest BCUT2D eigenvalue weighted by Crippen LogP contribution is -2.14. The number of benzene rings is 1. The van der Waals surface area contributed by atoms with E-state index in [1.165, 1.54) is 20.5 Å². The molecule has 0 N–H and O–H groups in total. The largest absolute Gasteiger partial charge is 0.481 e. The van der Waals surface area contributed by atoms with E-state index >= 15 is 0 Å². The van der Waals surface area contributed by atoms with Crippen LogP contribution in [0.5, 0.6) is 5.88 Å². The summed E-state index contributed by atoms with van der Waals surface area (Å²) in [6.07, 6.45) is 5.30. The minimum Gasteiger partial charge on any atom is -0.481 e. The van der Waals surface area contributed by atoms with Crippen LogP contribution < -0.4 is 4.74 Å². The van der Waals surface area contributed by atoms with Crippen LogP contribution in [0.2, 0.25) is 0 Å². The Kier molecular flexibility index (Phi) is 5.28. The number of nitrogens with zero attached hydrogens (tertiary/aromatic N) is 2. The zero-order valence-corrected chi connectivity index (χ0v) is 15.1. The summed E-state index contributed by atoms with van der Waals surface area (Å²) in [6.45, 7) is 1.05. The molecule has 0 saturated carbocycles. The van der Waals surface area contributed by atoms with Gasteiger partial charge in [-0.15, -0.1) is 11.3 Å². The summed E-state index contributed by atoms with van der Waals surface area (Å²) >= 11 is 1.89. The Morgan fingerprint density at radius 3 is 2.71 bits per heavy atom. The second kappa shape index (κ2) is 7.60. The van der Waals surface area contributed by atoms with E-state index in [0.717, 1.165) is 18.7 Å². The molecule has 0 amide bonds. The van der Waals surface area contributed by atoms with Crippen LogP contribution >= 0.6 is 11.3 Å². The summed E-state index contributed by atoms with van der Waals surface area (Å²) < 4.78 is 6.54.